The van der Waals surface area contributed by atoms with Gasteiger partial charge in [-0.3, -0.25) is 4.79 Å². The van der Waals surface area contributed by atoms with Crippen LogP contribution in [0.1, 0.15) is 28.0 Å². The van der Waals surface area contributed by atoms with Crippen molar-refractivity contribution in [2.75, 3.05) is 25.0 Å². The van der Waals surface area contributed by atoms with Gasteiger partial charge < -0.3 is 20.9 Å². The SMILES string of the molecule is Cc1[nH]c2c(C(N)=O)ccc(N(C)[C@H]3CCNC3)c2c1C. The molecule has 1 aromatic carbocycles. The fourth-order valence-corrected chi connectivity index (χ4v) is 3.24. The Balaban J connectivity index is 2.19. The van der Waals surface area contributed by atoms with Gasteiger partial charge in [-0.15, -0.1) is 0 Å². The third kappa shape index (κ3) is 2.17. The molecule has 1 aliphatic heterocycles. The van der Waals surface area contributed by atoms with Gasteiger partial charge in [0.25, 0.3) is 5.91 Å². The Morgan fingerprint density at radius 3 is 2.76 bits per heavy atom. The van der Waals surface area contributed by atoms with E-state index in [2.05, 4.69) is 29.2 Å². The number of aromatic amines is 1. The molecular formula is C16H22N4O. The van der Waals surface area contributed by atoms with Crippen molar-refractivity contribution < 1.29 is 4.79 Å². The number of nitrogens with zero attached hydrogens (tertiary/aromatic N) is 1. The summed E-state index contributed by atoms with van der Waals surface area (Å²) >= 11 is 0. The zero-order chi connectivity index (χ0) is 15.1. The number of carbonyl (C=O) groups is 1. The normalized spacial score (nSPS) is 18.3. The van der Waals surface area contributed by atoms with Crippen molar-refractivity contribution in [1.82, 2.24) is 10.3 Å². The van der Waals surface area contributed by atoms with E-state index in [0.717, 1.165) is 41.8 Å². The van der Waals surface area contributed by atoms with Crippen LogP contribution in [0.4, 0.5) is 5.69 Å². The minimum Gasteiger partial charge on any atom is -0.370 e. The molecule has 5 heteroatoms. The average molecular weight is 286 g/mol. The number of nitrogens with two attached hydrogens (primary N) is 1. The number of H-pyrrole nitrogens is 1. The molecule has 0 unspecified atom stereocenters. The lowest BCUT2D eigenvalue weighted by atomic mass is 10.0. The minimum absolute atomic E-state index is 0.391. The number of amides is 1. The van der Waals surface area contributed by atoms with Crippen LogP contribution < -0.4 is 16.0 Å². The highest BCUT2D eigenvalue weighted by molar-refractivity contribution is 6.10. The number of aryl methyl sites for hydroxylation is 2. The third-order valence-electron chi connectivity index (χ3n) is 4.66. The van der Waals surface area contributed by atoms with Crippen LogP contribution in [0, 0.1) is 13.8 Å². The van der Waals surface area contributed by atoms with Gasteiger partial charge in [-0.25, -0.2) is 0 Å². The van der Waals surface area contributed by atoms with Gasteiger partial charge in [0.2, 0.25) is 0 Å². The van der Waals surface area contributed by atoms with E-state index in [0.29, 0.717) is 11.6 Å². The molecule has 0 bridgehead atoms. The first-order valence-electron chi connectivity index (χ1n) is 7.36. The van der Waals surface area contributed by atoms with E-state index < -0.39 is 5.91 Å². The first-order valence-corrected chi connectivity index (χ1v) is 7.36. The predicted octanol–water partition coefficient (Wildman–Crippen LogP) is 1.68. The summed E-state index contributed by atoms with van der Waals surface area (Å²) in [6, 6.07) is 4.33. The lowest BCUT2D eigenvalue weighted by molar-refractivity contribution is 0.100. The van der Waals surface area contributed by atoms with Gasteiger partial charge in [0, 0.05) is 36.4 Å². The van der Waals surface area contributed by atoms with E-state index in [1.807, 2.05) is 19.1 Å². The summed E-state index contributed by atoms with van der Waals surface area (Å²) in [6.45, 7) is 6.17. The summed E-state index contributed by atoms with van der Waals surface area (Å²) in [5.41, 5.74) is 10.3. The van der Waals surface area contributed by atoms with Crippen molar-refractivity contribution >= 4 is 22.5 Å². The van der Waals surface area contributed by atoms with E-state index in [4.69, 9.17) is 5.73 Å². The van der Waals surface area contributed by atoms with Crippen LogP contribution in [0.3, 0.4) is 0 Å². The monoisotopic (exact) mass is 286 g/mol. The minimum atomic E-state index is -0.391. The lowest BCUT2D eigenvalue weighted by Gasteiger charge is -2.27. The molecular weight excluding hydrogens is 264 g/mol. The summed E-state index contributed by atoms with van der Waals surface area (Å²) < 4.78 is 0. The number of aromatic nitrogens is 1. The van der Waals surface area contributed by atoms with Crippen molar-refractivity contribution in [1.29, 1.82) is 0 Å². The Hall–Kier alpha value is -2.01. The molecule has 1 saturated heterocycles. The van der Waals surface area contributed by atoms with Crippen LogP contribution in [0.15, 0.2) is 12.1 Å². The van der Waals surface area contributed by atoms with Gasteiger partial charge in [-0.05, 0) is 44.5 Å². The average Bonchev–Trinajstić information content (AvgIpc) is 3.07. The van der Waals surface area contributed by atoms with Crippen molar-refractivity contribution in [3.05, 3.63) is 29.0 Å². The van der Waals surface area contributed by atoms with Gasteiger partial charge in [0.05, 0.1) is 11.1 Å². The standard InChI is InChI=1S/C16H22N4O/c1-9-10(2)19-15-12(16(17)21)4-5-13(14(9)15)20(3)11-6-7-18-8-11/h4-5,11,18-19H,6-8H2,1-3H3,(H2,17,21)/t11-/m0/s1. The van der Waals surface area contributed by atoms with E-state index in [9.17, 15) is 4.79 Å². The lowest BCUT2D eigenvalue weighted by Crippen LogP contribution is -2.33. The Labute approximate surface area is 124 Å². The molecule has 112 valence electrons. The molecule has 0 aliphatic carbocycles. The van der Waals surface area contributed by atoms with Crippen molar-refractivity contribution in [2.24, 2.45) is 5.73 Å². The molecule has 1 aliphatic rings. The first-order chi connectivity index (χ1) is 10.0. The number of hydrogen-bond donors (Lipinski definition) is 3. The van der Waals surface area contributed by atoms with Crippen LogP contribution >= 0.6 is 0 Å². The summed E-state index contributed by atoms with van der Waals surface area (Å²) in [4.78, 5) is 17.3. The predicted molar refractivity (Wildman–Crippen MR) is 86.0 cm³/mol. The van der Waals surface area contributed by atoms with Crippen molar-refractivity contribution in [2.45, 2.75) is 26.3 Å². The van der Waals surface area contributed by atoms with Crippen LogP contribution in [-0.4, -0.2) is 37.1 Å². The fourth-order valence-electron chi connectivity index (χ4n) is 3.24. The van der Waals surface area contributed by atoms with Gasteiger partial charge in [-0.1, -0.05) is 0 Å². The van der Waals surface area contributed by atoms with E-state index in [-0.39, 0.29) is 0 Å². The second-order valence-corrected chi connectivity index (χ2v) is 5.88. The van der Waals surface area contributed by atoms with Crippen LogP contribution in [0.2, 0.25) is 0 Å². The van der Waals surface area contributed by atoms with Crippen molar-refractivity contribution in [3.63, 3.8) is 0 Å². The smallest absolute Gasteiger partial charge is 0.250 e. The molecule has 3 rings (SSSR count). The molecule has 2 aromatic rings. The summed E-state index contributed by atoms with van der Waals surface area (Å²) in [5.74, 6) is -0.391. The number of fused-ring (bicyclic) bond motifs is 1. The molecule has 0 radical (unpaired) electrons. The van der Waals surface area contributed by atoms with Crippen LogP contribution in [0.5, 0.6) is 0 Å². The number of likely N-dealkylation sites (N-methyl/N-ethyl adjacent to an activating group) is 1. The molecule has 1 atom stereocenters. The zero-order valence-electron chi connectivity index (χ0n) is 12.8. The highest BCUT2D eigenvalue weighted by Crippen LogP contribution is 2.34. The third-order valence-corrected chi connectivity index (χ3v) is 4.66. The maximum atomic E-state index is 11.7. The first kappa shape index (κ1) is 13.9. The number of primary amides is 1. The Morgan fingerprint density at radius 1 is 1.38 bits per heavy atom. The largest absolute Gasteiger partial charge is 0.370 e. The Kier molecular flexibility index (Phi) is 3.37. The molecule has 21 heavy (non-hydrogen) atoms. The molecule has 2 heterocycles. The number of benzene rings is 1. The molecule has 1 aromatic heterocycles. The highest BCUT2D eigenvalue weighted by atomic mass is 16.1. The van der Waals surface area contributed by atoms with E-state index in [1.54, 1.807) is 0 Å². The number of carbonyl (C=O) groups excluding carboxylic acids is 1. The summed E-state index contributed by atoms with van der Waals surface area (Å²) in [7, 11) is 2.12. The highest BCUT2D eigenvalue weighted by Gasteiger charge is 2.23. The molecule has 0 saturated carbocycles. The molecule has 1 fully saturated rings. The number of rotatable bonds is 3. The topological polar surface area (TPSA) is 74.2 Å². The molecule has 4 N–H and O–H groups in total. The second-order valence-electron chi connectivity index (χ2n) is 5.88. The maximum Gasteiger partial charge on any atom is 0.250 e. The van der Waals surface area contributed by atoms with Gasteiger partial charge in [-0.2, -0.15) is 0 Å². The molecule has 0 spiro atoms. The van der Waals surface area contributed by atoms with Crippen LogP contribution in [0.25, 0.3) is 10.9 Å². The number of hydrogen-bond acceptors (Lipinski definition) is 3. The van der Waals surface area contributed by atoms with Gasteiger partial charge in [0.1, 0.15) is 0 Å². The van der Waals surface area contributed by atoms with Crippen molar-refractivity contribution in [3.8, 4) is 0 Å². The molecule has 5 nitrogen and oxygen atoms in total. The second kappa shape index (κ2) is 5.07. The molecule has 1 amide bonds. The van der Waals surface area contributed by atoms with E-state index in [1.165, 1.54) is 5.56 Å². The quantitative estimate of drug-likeness (QED) is 0.803. The summed E-state index contributed by atoms with van der Waals surface area (Å²) in [6.07, 6.45) is 1.14. The Bertz CT molecular complexity index is 698. The van der Waals surface area contributed by atoms with E-state index >= 15 is 0 Å². The van der Waals surface area contributed by atoms with Gasteiger partial charge in [0.15, 0.2) is 0 Å². The maximum absolute atomic E-state index is 11.7. The fraction of sp³-hybridized carbons (Fsp3) is 0.438. The zero-order valence-corrected chi connectivity index (χ0v) is 12.8. The number of anilines is 1. The summed E-state index contributed by atoms with van der Waals surface area (Å²) in [5, 5.41) is 4.51. The van der Waals surface area contributed by atoms with Crippen LogP contribution in [-0.2, 0) is 0 Å². The number of nitrogens with one attached hydrogen (secondary N) is 2. The Morgan fingerprint density at radius 2 is 2.14 bits per heavy atom. The van der Waals surface area contributed by atoms with Gasteiger partial charge >= 0.3 is 0 Å².